The Bertz CT molecular complexity index is 864. The van der Waals surface area contributed by atoms with E-state index in [9.17, 15) is 22.4 Å². The highest BCUT2D eigenvalue weighted by molar-refractivity contribution is 7.89. The Hall–Kier alpha value is -2.78. The van der Waals surface area contributed by atoms with Crippen LogP contribution in [0.5, 0.6) is 0 Å². The van der Waals surface area contributed by atoms with Crippen LogP contribution in [0.3, 0.4) is 0 Å². The number of halogens is 1. The second kappa shape index (κ2) is 7.86. The second-order valence-corrected chi connectivity index (χ2v) is 6.49. The Morgan fingerprint density at radius 1 is 1.00 bits per heavy atom. The summed E-state index contributed by atoms with van der Waals surface area (Å²) in [6, 6.07) is 9.61. The molecule has 0 heterocycles. The lowest BCUT2D eigenvalue weighted by Crippen LogP contribution is -2.41. The highest BCUT2D eigenvalue weighted by Gasteiger charge is 2.17. The lowest BCUT2D eigenvalue weighted by Gasteiger charge is -2.09. The Kier molecular flexibility index (Phi) is 5.84. The molecule has 0 saturated carbocycles. The van der Waals surface area contributed by atoms with Crippen LogP contribution >= 0.6 is 0 Å². The predicted molar refractivity (Wildman–Crippen MR) is 86.6 cm³/mol. The van der Waals surface area contributed by atoms with Gasteiger partial charge in [-0.25, -0.2) is 17.6 Å². The van der Waals surface area contributed by atoms with Crippen LogP contribution in [0.4, 0.5) is 4.39 Å². The van der Waals surface area contributed by atoms with Crippen LogP contribution in [0.1, 0.15) is 27.6 Å². The molecule has 2 rings (SSSR count). The molecule has 0 spiro atoms. The molecule has 0 saturated heterocycles. The number of esters is 1. The molecular weight excluding hydrogens is 351 g/mol. The summed E-state index contributed by atoms with van der Waals surface area (Å²) in [4.78, 5) is 25.1. The Labute approximate surface area is 143 Å². The minimum Gasteiger partial charge on any atom is -0.462 e. The number of hydrazine groups is 1. The van der Waals surface area contributed by atoms with Crippen molar-refractivity contribution in [3.8, 4) is 0 Å². The zero-order valence-corrected chi connectivity index (χ0v) is 14.0. The van der Waals surface area contributed by atoms with Crippen molar-refractivity contribution < 1.29 is 27.1 Å². The monoisotopic (exact) mass is 366 g/mol. The van der Waals surface area contributed by atoms with Gasteiger partial charge < -0.3 is 4.74 Å². The van der Waals surface area contributed by atoms with Crippen molar-refractivity contribution in [1.29, 1.82) is 0 Å². The van der Waals surface area contributed by atoms with E-state index in [2.05, 4.69) is 0 Å². The number of carbonyl (C=O) groups is 2. The van der Waals surface area contributed by atoms with Crippen LogP contribution in [0.15, 0.2) is 53.4 Å². The second-order valence-electron chi connectivity index (χ2n) is 4.81. The van der Waals surface area contributed by atoms with Gasteiger partial charge in [0.05, 0.1) is 17.1 Å². The van der Waals surface area contributed by atoms with Gasteiger partial charge in [-0.05, 0) is 55.5 Å². The number of benzene rings is 2. The number of sulfonamides is 1. The van der Waals surface area contributed by atoms with E-state index in [1.807, 2.05) is 10.3 Å². The molecule has 0 fully saturated rings. The summed E-state index contributed by atoms with van der Waals surface area (Å²) >= 11 is 0. The first-order chi connectivity index (χ1) is 11.8. The minimum absolute atomic E-state index is 0.0850. The summed E-state index contributed by atoms with van der Waals surface area (Å²) in [5.41, 5.74) is 2.31. The molecule has 1 amide bonds. The topological polar surface area (TPSA) is 102 Å². The summed E-state index contributed by atoms with van der Waals surface area (Å²) in [5, 5.41) is 0. The van der Waals surface area contributed by atoms with Gasteiger partial charge in [-0.1, -0.05) is 0 Å². The van der Waals surface area contributed by atoms with Crippen LogP contribution in [0, 0.1) is 5.82 Å². The van der Waals surface area contributed by atoms with E-state index in [4.69, 9.17) is 4.74 Å². The highest BCUT2D eigenvalue weighted by atomic mass is 32.2. The van der Waals surface area contributed by atoms with E-state index >= 15 is 0 Å². The van der Waals surface area contributed by atoms with Gasteiger partial charge in [-0.2, -0.15) is 0 Å². The molecule has 2 aromatic rings. The quantitative estimate of drug-likeness (QED) is 0.598. The van der Waals surface area contributed by atoms with Crippen LogP contribution < -0.4 is 10.3 Å². The van der Waals surface area contributed by atoms with Crippen molar-refractivity contribution in [3.63, 3.8) is 0 Å². The highest BCUT2D eigenvalue weighted by Crippen LogP contribution is 2.11. The molecule has 0 radical (unpaired) electrons. The molecule has 0 unspecified atom stereocenters. The lowest BCUT2D eigenvalue weighted by molar-refractivity contribution is 0.0526. The van der Waals surface area contributed by atoms with Crippen LogP contribution in [0.25, 0.3) is 0 Å². The number of nitrogens with one attached hydrogen (secondary N) is 2. The Morgan fingerprint density at radius 3 is 2.12 bits per heavy atom. The van der Waals surface area contributed by atoms with Gasteiger partial charge in [0.2, 0.25) is 0 Å². The lowest BCUT2D eigenvalue weighted by atomic mass is 10.2. The van der Waals surface area contributed by atoms with Gasteiger partial charge in [-0.15, -0.1) is 4.83 Å². The van der Waals surface area contributed by atoms with Gasteiger partial charge in [0.25, 0.3) is 15.9 Å². The van der Waals surface area contributed by atoms with Gasteiger partial charge in [0, 0.05) is 5.56 Å². The smallest absolute Gasteiger partial charge is 0.338 e. The van der Waals surface area contributed by atoms with Gasteiger partial charge in [0.15, 0.2) is 0 Å². The molecule has 2 aromatic carbocycles. The van der Waals surface area contributed by atoms with Gasteiger partial charge in [-0.3, -0.25) is 10.2 Å². The maximum atomic E-state index is 12.8. The molecule has 0 bridgehead atoms. The Morgan fingerprint density at radius 2 is 1.56 bits per heavy atom. The molecule has 0 aromatic heterocycles. The van der Waals surface area contributed by atoms with Crippen LogP contribution in [-0.4, -0.2) is 26.9 Å². The maximum Gasteiger partial charge on any atom is 0.338 e. The van der Waals surface area contributed by atoms with Crippen molar-refractivity contribution in [2.24, 2.45) is 0 Å². The fourth-order valence-corrected chi connectivity index (χ4v) is 2.67. The average Bonchev–Trinajstić information content (AvgIpc) is 2.61. The van der Waals surface area contributed by atoms with Crippen LogP contribution in [0.2, 0.25) is 0 Å². The van der Waals surface area contributed by atoms with E-state index in [0.29, 0.717) is 0 Å². The Balaban J connectivity index is 2.04. The standard InChI is InChI=1S/C16H15FN2O5S/c1-2-24-16(21)12-5-9-14(10-6-12)25(22,23)19-18-15(20)11-3-7-13(17)8-4-11/h3-10,19H,2H2,1H3,(H,18,20). The molecule has 0 aliphatic rings. The third-order valence-corrected chi connectivity index (χ3v) is 4.34. The number of ether oxygens (including phenoxy) is 1. The molecule has 2 N–H and O–H groups in total. The normalized spacial score (nSPS) is 11.0. The summed E-state index contributed by atoms with van der Waals surface area (Å²) in [6.07, 6.45) is 0. The van der Waals surface area contributed by atoms with Crippen molar-refractivity contribution in [3.05, 3.63) is 65.5 Å². The first-order valence-corrected chi connectivity index (χ1v) is 8.66. The largest absolute Gasteiger partial charge is 0.462 e. The fraction of sp³-hybridized carbons (Fsp3) is 0.125. The third kappa shape index (κ3) is 4.85. The molecule has 132 valence electrons. The molecule has 0 aliphatic carbocycles. The van der Waals surface area contributed by atoms with Crippen LogP contribution in [-0.2, 0) is 14.8 Å². The van der Waals surface area contributed by atoms with Gasteiger partial charge in [0.1, 0.15) is 5.82 Å². The molecular formula is C16H15FN2O5S. The van der Waals surface area contributed by atoms with Crippen molar-refractivity contribution in [2.45, 2.75) is 11.8 Å². The number of hydrogen-bond acceptors (Lipinski definition) is 5. The fourth-order valence-electron chi connectivity index (χ4n) is 1.83. The molecule has 25 heavy (non-hydrogen) atoms. The van der Waals surface area contributed by atoms with E-state index in [-0.39, 0.29) is 22.6 Å². The number of hydrogen-bond donors (Lipinski definition) is 2. The molecule has 9 heteroatoms. The zero-order chi connectivity index (χ0) is 18.4. The number of rotatable bonds is 6. The first-order valence-electron chi connectivity index (χ1n) is 7.18. The van der Waals surface area contributed by atoms with Crippen molar-refractivity contribution in [1.82, 2.24) is 10.3 Å². The average molecular weight is 366 g/mol. The van der Waals surface area contributed by atoms with E-state index < -0.39 is 27.7 Å². The first kappa shape index (κ1) is 18.6. The van der Waals surface area contributed by atoms with Gasteiger partial charge >= 0.3 is 5.97 Å². The number of amides is 1. The van der Waals surface area contributed by atoms with E-state index in [1.54, 1.807) is 6.92 Å². The van der Waals surface area contributed by atoms with E-state index in [0.717, 1.165) is 12.1 Å². The minimum atomic E-state index is -4.03. The molecule has 7 nitrogen and oxygen atoms in total. The van der Waals surface area contributed by atoms with Crippen molar-refractivity contribution in [2.75, 3.05) is 6.61 Å². The SMILES string of the molecule is CCOC(=O)c1ccc(S(=O)(=O)NNC(=O)c2ccc(F)cc2)cc1. The van der Waals surface area contributed by atoms with Crippen molar-refractivity contribution >= 4 is 21.9 Å². The summed E-state index contributed by atoms with van der Waals surface area (Å²) in [6.45, 7) is 1.86. The number of carbonyl (C=O) groups excluding carboxylic acids is 2. The zero-order valence-electron chi connectivity index (χ0n) is 13.2. The molecule has 0 atom stereocenters. The third-order valence-electron chi connectivity index (χ3n) is 3.08. The maximum absolute atomic E-state index is 12.8. The summed E-state index contributed by atoms with van der Waals surface area (Å²) in [5.74, 6) is -1.82. The summed E-state index contributed by atoms with van der Waals surface area (Å²) in [7, 11) is -4.03. The summed E-state index contributed by atoms with van der Waals surface area (Å²) < 4.78 is 41.9. The predicted octanol–water partition coefficient (Wildman–Crippen LogP) is 1.63. The molecule has 0 aliphatic heterocycles. The van der Waals surface area contributed by atoms with E-state index in [1.165, 1.54) is 36.4 Å².